The highest BCUT2D eigenvalue weighted by molar-refractivity contribution is 7.86. The first-order valence-corrected chi connectivity index (χ1v) is 6.77. The zero-order valence-electron chi connectivity index (χ0n) is 9.42. The van der Waals surface area contributed by atoms with Gasteiger partial charge in [0.05, 0.1) is 0 Å². The minimum absolute atomic E-state index is 0.000139. The first-order chi connectivity index (χ1) is 7.44. The third kappa shape index (κ3) is 3.43. The highest BCUT2D eigenvalue weighted by atomic mass is 32.2. The summed E-state index contributed by atoms with van der Waals surface area (Å²) in [5, 5.41) is 8.46. The van der Waals surface area contributed by atoms with Crippen molar-refractivity contribution in [2.75, 3.05) is 26.7 Å². The van der Waals surface area contributed by atoms with Crippen molar-refractivity contribution < 1.29 is 18.3 Å². The quantitative estimate of drug-likeness (QED) is 0.726. The zero-order valence-corrected chi connectivity index (χ0v) is 10.2. The molecule has 6 nitrogen and oxygen atoms in total. The van der Waals surface area contributed by atoms with E-state index in [0.717, 1.165) is 12.8 Å². The molecule has 0 unspecified atom stereocenters. The number of hydrogen-bond acceptors (Lipinski definition) is 3. The normalized spacial score (nSPS) is 18.1. The predicted molar refractivity (Wildman–Crippen MR) is 59.2 cm³/mol. The van der Waals surface area contributed by atoms with Gasteiger partial charge in [0, 0.05) is 33.1 Å². The molecule has 7 heteroatoms. The maximum absolute atomic E-state index is 11.9. The van der Waals surface area contributed by atoms with Crippen molar-refractivity contribution >= 4 is 16.2 Å². The molecule has 0 radical (unpaired) electrons. The minimum Gasteiger partial charge on any atom is -0.481 e. The second kappa shape index (κ2) is 5.60. The van der Waals surface area contributed by atoms with Crippen molar-refractivity contribution in [1.82, 2.24) is 8.61 Å². The van der Waals surface area contributed by atoms with E-state index in [2.05, 4.69) is 0 Å². The smallest absolute Gasteiger partial charge is 0.303 e. The lowest BCUT2D eigenvalue weighted by Crippen LogP contribution is -2.40. The van der Waals surface area contributed by atoms with E-state index in [1.165, 1.54) is 15.7 Å². The van der Waals surface area contributed by atoms with Gasteiger partial charge in [0.1, 0.15) is 0 Å². The number of carbonyl (C=O) groups is 1. The van der Waals surface area contributed by atoms with Gasteiger partial charge in [-0.1, -0.05) is 0 Å². The Balaban J connectivity index is 2.45. The fourth-order valence-corrected chi connectivity index (χ4v) is 3.16. The monoisotopic (exact) mass is 250 g/mol. The molecule has 1 aliphatic heterocycles. The number of rotatable bonds is 6. The lowest BCUT2D eigenvalue weighted by atomic mass is 10.3. The Hall–Kier alpha value is -0.660. The molecule has 1 saturated heterocycles. The molecule has 0 aromatic heterocycles. The van der Waals surface area contributed by atoms with Crippen LogP contribution in [0, 0.1) is 0 Å². The van der Waals surface area contributed by atoms with Crippen LogP contribution < -0.4 is 0 Å². The number of nitrogens with zero attached hydrogens (tertiary/aromatic N) is 2. The van der Waals surface area contributed by atoms with Crippen LogP contribution in [0.25, 0.3) is 0 Å². The molecule has 0 aromatic rings. The molecule has 1 heterocycles. The molecule has 0 bridgehead atoms. The molecule has 1 N–H and O–H groups in total. The van der Waals surface area contributed by atoms with Gasteiger partial charge in [0.15, 0.2) is 0 Å². The summed E-state index contributed by atoms with van der Waals surface area (Å²) < 4.78 is 26.5. The number of hydrogen-bond donors (Lipinski definition) is 1. The first kappa shape index (κ1) is 13.4. The summed E-state index contributed by atoms with van der Waals surface area (Å²) in [5.74, 6) is -0.896. The van der Waals surface area contributed by atoms with E-state index in [-0.39, 0.29) is 13.0 Å². The molecule has 0 amide bonds. The van der Waals surface area contributed by atoms with Crippen LogP contribution >= 0.6 is 0 Å². The van der Waals surface area contributed by atoms with Crippen LogP contribution in [0.3, 0.4) is 0 Å². The standard InChI is InChI=1S/C9H18N2O4S/c1-10(6-4-5-9(12)13)16(14,15)11-7-2-3-8-11/h2-8H2,1H3,(H,12,13). The summed E-state index contributed by atoms with van der Waals surface area (Å²) in [6, 6.07) is 0. The van der Waals surface area contributed by atoms with Crippen LogP contribution in [0.4, 0.5) is 0 Å². The van der Waals surface area contributed by atoms with Crippen LogP contribution in [0.1, 0.15) is 25.7 Å². The average molecular weight is 250 g/mol. The molecule has 16 heavy (non-hydrogen) atoms. The lowest BCUT2D eigenvalue weighted by Gasteiger charge is -2.23. The molecule has 0 aliphatic carbocycles. The van der Waals surface area contributed by atoms with Crippen molar-refractivity contribution in [3.63, 3.8) is 0 Å². The SMILES string of the molecule is CN(CCCC(=O)O)S(=O)(=O)N1CCCC1. The van der Waals surface area contributed by atoms with Gasteiger partial charge in [-0.25, -0.2) is 0 Å². The number of carboxylic acids is 1. The third-order valence-electron chi connectivity index (χ3n) is 2.65. The summed E-state index contributed by atoms with van der Waals surface area (Å²) >= 11 is 0. The van der Waals surface area contributed by atoms with E-state index >= 15 is 0 Å². The van der Waals surface area contributed by atoms with E-state index in [9.17, 15) is 13.2 Å². The van der Waals surface area contributed by atoms with E-state index < -0.39 is 16.2 Å². The molecule has 0 spiro atoms. The maximum Gasteiger partial charge on any atom is 0.303 e. The Morgan fingerprint density at radius 1 is 1.38 bits per heavy atom. The molecule has 0 aromatic carbocycles. The van der Waals surface area contributed by atoms with Gasteiger partial charge in [0.2, 0.25) is 0 Å². The second-order valence-electron chi connectivity index (χ2n) is 3.93. The van der Waals surface area contributed by atoms with Gasteiger partial charge in [-0.05, 0) is 19.3 Å². The molecule has 1 aliphatic rings. The third-order valence-corrected chi connectivity index (χ3v) is 4.64. The van der Waals surface area contributed by atoms with E-state index in [4.69, 9.17) is 5.11 Å². The fraction of sp³-hybridized carbons (Fsp3) is 0.889. The molecular formula is C9H18N2O4S. The number of carboxylic acid groups (broad SMARTS) is 1. The van der Waals surface area contributed by atoms with Gasteiger partial charge in [-0.3, -0.25) is 4.79 Å². The second-order valence-corrected chi connectivity index (χ2v) is 5.97. The average Bonchev–Trinajstić information content (AvgIpc) is 2.69. The Labute approximate surface area is 96.0 Å². The molecule has 0 atom stereocenters. The van der Waals surface area contributed by atoms with E-state index in [1.54, 1.807) is 0 Å². The van der Waals surface area contributed by atoms with Crippen LogP contribution in [-0.4, -0.2) is 54.8 Å². The molecule has 1 fully saturated rings. The number of aliphatic carboxylic acids is 1. The fourth-order valence-electron chi connectivity index (χ4n) is 1.68. The summed E-state index contributed by atoms with van der Waals surface area (Å²) in [6.45, 7) is 1.41. The summed E-state index contributed by atoms with van der Waals surface area (Å²) in [7, 11) is -1.87. The van der Waals surface area contributed by atoms with Gasteiger partial charge in [0.25, 0.3) is 10.2 Å². The highest BCUT2D eigenvalue weighted by Crippen LogP contribution is 2.15. The molecule has 1 rings (SSSR count). The van der Waals surface area contributed by atoms with E-state index in [0.29, 0.717) is 19.5 Å². The maximum atomic E-state index is 11.9. The van der Waals surface area contributed by atoms with Crippen molar-refractivity contribution in [3.8, 4) is 0 Å². The van der Waals surface area contributed by atoms with Crippen LogP contribution in [0.15, 0.2) is 0 Å². The highest BCUT2D eigenvalue weighted by Gasteiger charge is 2.28. The molecule has 0 saturated carbocycles. The Kier molecular flexibility index (Phi) is 4.69. The predicted octanol–water partition coefficient (Wildman–Crippen LogP) is 0.124. The molecular weight excluding hydrogens is 232 g/mol. The molecule has 94 valence electrons. The minimum atomic E-state index is -3.36. The van der Waals surface area contributed by atoms with Crippen LogP contribution in [-0.2, 0) is 15.0 Å². The summed E-state index contributed by atoms with van der Waals surface area (Å²) in [5.41, 5.74) is 0. The van der Waals surface area contributed by atoms with Crippen molar-refractivity contribution in [3.05, 3.63) is 0 Å². The van der Waals surface area contributed by atoms with Gasteiger partial charge in [-0.15, -0.1) is 0 Å². The zero-order chi connectivity index (χ0) is 12.2. The van der Waals surface area contributed by atoms with Gasteiger partial charge >= 0.3 is 5.97 Å². The first-order valence-electron chi connectivity index (χ1n) is 5.38. The van der Waals surface area contributed by atoms with E-state index in [1.807, 2.05) is 0 Å². The van der Waals surface area contributed by atoms with Crippen LogP contribution in [0.5, 0.6) is 0 Å². The van der Waals surface area contributed by atoms with Gasteiger partial charge in [-0.2, -0.15) is 17.0 Å². The Morgan fingerprint density at radius 2 is 1.94 bits per heavy atom. The summed E-state index contributed by atoms with van der Waals surface area (Å²) in [6.07, 6.45) is 2.16. The Bertz CT molecular complexity index is 335. The van der Waals surface area contributed by atoms with Crippen LogP contribution in [0.2, 0.25) is 0 Å². The largest absolute Gasteiger partial charge is 0.481 e. The Morgan fingerprint density at radius 3 is 2.44 bits per heavy atom. The topological polar surface area (TPSA) is 77.9 Å². The van der Waals surface area contributed by atoms with Gasteiger partial charge < -0.3 is 5.11 Å². The van der Waals surface area contributed by atoms with Crippen molar-refractivity contribution in [2.24, 2.45) is 0 Å². The van der Waals surface area contributed by atoms with Crippen molar-refractivity contribution in [2.45, 2.75) is 25.7 Å². The lowest BCUT2D eigenvalue weighted by molar-refractivity contribution is -0.137. The van der Waals surface area contributed by atoms with Crippen molar-refractivity contribution in [1.29, 1.82) is 0 Å². The summed E-state index contributed by atoms with van der Waals surface area (Å²) in [4.78, 5) is 10.3.